The van der Waals surface area contributed by atoms with Crippen molar-refractivity contribution in [2.24, 2.45) is 0 Å². The van der Waals surface area contributed by atoms with Crippen molar-refractivity contribution in [2.45, 2.75) is 6.92 Å². The molecule has 3 aromatic rings. The summed E-state index contributed by atoms with van der Waals surface area (Å²) in [5, 5.41) is 5.47. The Morgan fingerprint density at radius 2 is 1.08 bits per heavy atom. The van der Waals surface area contributed by atoms with Crippen LogP contribution >= 0.6 is 0 Å². The molecule has 0 radical (unpaired) electrons. The smallest absolute Gasteiger partial charge is 0.0991 e. The summed E-state index contributed by atoms with van der Waals surface area (Å²) in [5.41, 5.74) is 0. The van der Waals surface area contributed by atoms with Gasteiger partial charge < -0.3 is 0 Å². The van der Waals surface area contributed by atoms with E-state index >= 15 is 0 Å². The first kappa shape index (κ1) is 17.9. The second kappa shape index (κ2) is 8.46. The molecule has 0 nitrogen and oxygen atoms in total. The summed E-state index contributed by atoms with van der Waals surface area (Å²) < 4.78 is 0. The maximum Gasteiger partial charge on any atom is 0.179 e. The van der Waals surface area contributed by atoms with Gasteiger partial charge in [-0.05, 0) is 27.7 Å². The first-order chi connectivity index (χ1) is 12.8. The molecule has 0 saturated heterocycles. The molecule has 1 heteroatoms. The lowest BCUT2D eigenvalue weighted by molar-refractivity contribution is 1.62. The number of allylic oxidation sites excluding steroid dienone is 5. The lowest BCUT2D eigenvalue weighted by Crippen LogP contribution is -2.68. The van der Waals surface area contributed by atoms with Gasteiger partial charge in [-0.1, -0.05) is 122 Å². The van der Waals surface area contributed by atoms with Crippen molar-refractivity contribution in [3.05, 3.63) is 127 Å². The molecular formula is C25H24Si. The minimum absolute atomic E-state index is 1.33. The van der Waals surface area contributed by atoms with Crippen LogP contribution in [0.5, 0.6) is 0 Å². The fourth-order valence-corrected chi connectivity index (χ4v) is 8.54. The Morgan fingerprint density at radius 1 is 0.692 bits per heavy atom. The Bertz CT molecular complexity index is 794. The van der Waals surface area contributed by atoms with Crippen LogP contribution in [-0.4, -0.2) is 8.07 Å². The monoisotopic (exact) mass is 352 g/mol. The van der Waals surface area contributed by atoms with Crippen molar-refractivity contribution in [3.8, 4) is 0 Å². The first-order valence-corrected chi connectivity index (χ1v) is 11.0. The predicted octanol–water partition coefficient (Wildman–Crippen LogP) is 4.38. The molecule has 0 unspecified atom stereocenters. The van der Waals surface area contributed by atoms with Crippen LogP contribution in [0.15, 0.2) is 127 Å². The van der Waals surface area contributed by atoms with Gasteiger partial charge >= 0.3 is 0 Å². The normalized spacial score (nSPS) is 12.3. The highest BCUT2D eigenvalue weighted by molar-refractivity contribution is 7.16. The van der Waals surface area contributed by atoms with Crippen LogP contribution in [0.3, 0.4) is 0 Å². The van der Waals surface area contributed by atoms with Crippen LogP contribution < -0.4 is 15.6 Å². The lowest BCUT2D eigenvalue weighted by Gasteiger charge is -2.35. The molecule has 0 atom stereocenters. The predicted molar refractivity (Wildman–Crippen MR) is 117 cm³/mol. The molecule has 0 spiro atoms. The third-order valence-electron chi connectivity index (χ3n) is 4.70. The van der Waals surface area contributed by atoms with Crippen LogP contribution in [0.4, 0.5) is 0 Å². The highest BCUT2D eigenvalue weighted by Gasteiger charge is 2.41. The van der Waals surface area contributed by atoms with Gasteiger partial charge in [-0.3, -0.25) is 0 Å². The van der Waals surface area contributed by atoms with E-state index in [-0.39, 0.29) is 0 Å². The average Bonchev–Trinajstić information content (AvgIpc) is 2.71. The summed E-state index contributed by atoms with van der Waals surface area (Å²) in [5.74, 6) is 0. The maximum absolute atomic E-state index is 3.99. The van der Waals surface area contributed by atoms with E-state index in [2.05, 4.69) is 123 Å². The highest BCUT2D eigenvalue weighted by Crippen LogP contribution is 2.19. The molecule has 0 aliphatic carbocycles. The van der Waals surface area contributed by atoms with E-state index in [1.807, 2.05) is 6.08 Å². The summed E-state index contributed by atoms with van der Waals surface area (Å²) in [7, 11) is -2.39. The van der Waals surface area contributed by atoms with Gasteiger partial charge in [-0.25, -0.2) is 0 Å². The molecule has 0 saturated carbocycles. The lowest BCUT2D eigenvalue weighted by atomic mass is 10.3. The number of benzene rings is 3. The largest absolute Gasteiger partial charge is 0.179 e. The Labute approximate surface area is 157 Å². The maximum atomic E-state index is 3.99. The topological polar surface area (TPSA) is 0 Å². The summed E-state index contributed by atoms with van der Waals surface area (Å²) in [4.78, 5) is 0. The van der Waals surface area contributed by atoms with E-state index in [4.69, 9.17) is 0 Å². The van der Waals surface area contributed by atoms with E-state index in [9.17, 15) is 0 Å². The molecule has 3 rings (SSSR count). The molecule has 26 heavy (non-hydrogen) atoms. The van der Waals surface area contributed by atoms with Gasteiger partial charge in [-0.2, -0.15) is 0 Å². The van der Waals surface area contributed by atoms with Crippen LogP contribution in [0.2, 0.25) is 0 Å². The fourth-order valence-electron chi connectivity index (χ4n) is 3.68. The summed E-state index contributed by atoms with van der Waals surface area (Å²) in [6.45, 7) is 6.07. The number of hydrogen-bond acceptors (Lipinski definition) is 0. The Kier molecular flexibility index (Phi) is 5.83. The molecule has 0 heterocycles. The van der Waals surface area contributed by atoms with Crippen LogP contribution in [0.25, 0.3) is 0 Å². The van der Waals surface area contributed by atoms with Gasteiger partial charge in [0.05, 0.1) is 0 Å². The summed E-state index contributed by atoms with van der Waals surface area (Å²) >= 11 is 0. The van der Waals surface area contributed by atoms with Gasteiger partial charge in [0.2, 0.25) is 0 Å². The summed E-state index contributed by atoms with van der Waals surface area (Å²) in [6.07, 6.45) is 8.47. The fraction of sp³-hybridized carbons (Fsp3) is 0.0400. The van der Waals surface area contributed by atoms with Crippen molar-refractivity contribution < 1.29 is 0 Å². The summed E-state index contributed by atoms with van der Waals surface area (Å²) in [6, 6.07) is 32.7. The quantitative estimate of drug-likeness (QED) is 0.351. The third kappa shape index (κ3) is 3.26. The molecule has 0 amide bonds. The number of rotatable bonds is 6. The van der Waals surface area contributed by atoms with Crippen molar-refractivity contribution in [2.75, 3.05) is 0 Å². The minimum atomic E-state index is -2.39. The van der Waals surface area contributed by atoms with Crippen molar-refractivity contribution in [1.82, 2.24) is 0 Å². The standard InChI is InChI=1S/C25H24Si/c1-3-14-22(15-4-2)26(23-16-8-5-9-17-23,24-18-10-6-11-19-24)25-20-12-7-13-21-25/h3-21H,1H2,2H3/b15-4-,22-14+. The van der Waals surface area contributed by atoms with Crippen LogP contribution in [0.1, 0.15) is 6.92 Å². The zero-order valence-electron chi connectivity index (χ0n) is 15.2. The van der Waals surface area contributed by atoms with Crippen LogP contribution in [0, 0.1) is 0 Å². The molecular weight excluding hydrogens is 328 g/mol. The Hall–Kier alpha value is -2.90. The van der Waals surface area contributed by atoms with E-state index < -0.39 is 8.07 Å². The second-order valence-electron chi connectivity index (χ2n) is 6.21. The van der Waals surface area contributed by atoms with Gasteiger partial charge in [0.25, 0.3) is 0 Å². The molecule has 3 aromatic carbocycles. The zero-order valence-corrected chi connectivity index (χ0v) is 16.2. The molecule has 0 bridgehead atoms. The van der Waals surface area contributed by atoms with Gasteiger partial charge in [0.1, 0.15) is 0 Å². The number of hydrogen-bond donors (Lipinski definition) is 0. The van der Waals surface area contributed by atoms with Crippen LogP contribution in [-0.2, 0) is 0 Å². The molecule has 0 aromatic heterocycles. The average molecular weight is 353 g/mol. The Balaban J connectivity index is 2.47. The molecule has 0 aliphatic rings. The van der Waals surface area contributed by atoms with Crippen molar-refractivity contribution >= 4 is 23.6 Å². The van der Waals surface area contributed by atoms with Crippen molar-refractivity contribution in [1.29, 1.82) is 0 Å². The highest BCUT2D eigenvalue weighted by atomic mass is 28.3. The van der Waals surface area contributed by atoms with E-state index in [0.717, 1.165) is 0 Å². The molecule has 0 aliphatic heterocycles. The molecule has 128 valence electrons. The second-order valence-corrected chi connectivity index (χ2v) is 10.0. The SMILES string of the molecule is C=C/C=C(\C=C/C)[Si](c1ccccc1)(c1ccccc1)c1ccccc1. The van der Waals surface area contributed by atoms with E-state index in [0.29, 0.717) is 0 Å². The Morgan fingerprint density at radius 3 is 1.38 bits per heavy atom. The third-order valence-corrected chi connectivity index (χ3v) is 9.49. The zero-order chi connectivity index (χ0) is 18.2. The first-order valence-electron chi connectivity index (χ1n) is 8.96. The van der Waals surface area contributed by atoms with Gasteiger partial charge in [-0.15, -0.1) is 0 Å². The van der Waals surface area contributed by atoms with Gasteiger partial charge in [0.15, 0.2) is 8.07 Å². The molecule has 0 N–H and O–H groups in total. The van der Waals surface area contributed by atoms with E-state index in [1.165, 1.54) is 20.8 Å². The van der Waals surface area contributed by atoms with Gasteiger partial charge in [0, 0.05) is 0 Å². The van der Waals surface area contributed by atoms with Crippen molar-refractivity contribution in [3.63, 3.8) is 0 Å². The minimum Gasteiger partial charge on any atom is -0.0991 e. The van der Waals surface area contributed by atoms with E-state index in [1.54, 1.807) is 0 Å². The molecule has 0 fully saturated rings.